The second-order valence-corrected chi connectivity index (χ2v) is 7.49. The second-order valence-electron chi connectivity index (χ2n) is 6.55. The third-order valence-corrected chi connectivity index (χ3v) is 5.52. The Morgan fingerprint density at radius 3 is 2.92 bits per heavy atom. The molecule has 1 aliphatic carbocycles. The summed E-state index contributed by atoms with van der Waals surface area (Å²) in [5.74, 6) is 0.203. The minimum Gasteiger partial charge on any atom is -0.376 e. The van der Waals surface area contributed by atoms with Crippen molar-refractivity contribution in [3.8, 4) is 0 Å². The Bertz CT molecular complexity index is 841. The number of thioether (sulfide) groups is 1. The number of hydrogen-bond acceptors (Lipinski definition) is 5. The highest BCUT2D eigenvalue weighted by atomic mass is 32.2. The molecular weight excluding hydrogens is 338 g/mol. The molecule has 1 atom stereocenters. The number of carbonyl (C=O) groups excluding carboxylic acids is 1. The Hall–Kier alpha value is -1.86. The standard InChI is InChI=1S/C18H21N3O3S/c22-16(19-10-13-4-3-9-24-13)11-25-18-20-15-6-2-1-5-14(15)17(23)21(18)12-7-8-12/h1-2,5-6,12-13H,3-4,7-11H2,(H,19,22)/t13-/m0/s1. The maximum atomic E-state index is 12.8. The number of nitrogens with zero attached hydrogens (tertiary/aromatic N) is 2. The van der Waals surface area contributed by atoms with Gasteiger partial charge >= 0.3 is 0 Å². The second kappa shape index (κ2) is 7.17. The Kier molecular flexibility index (Phi) is 4.76. The quantitative estimate of drug-likeness (QED) is 0.632. The van der Waals surface area contributed by atoms with E-state index in [1.54, 1.807) is 4.57 Å². The lowest BCUT2D eigenvalue weighted by atomic mass is 10.2. The Morgan fingerprint density at radius 2 is 2.16 bits per heavy atom. The van der Waals surface area contributed by atoms with Crippen molar-refractivity contribution in [1.82, 2.24) is 14.9 Å². The van der Waals surface area contributed by atoms with Crippen molar-refractivity contribution in [3.63, 3.8) is 0 Å². The molecule has 2 aliphatic rings. The third kappa shape index (κ3) is 3.72. The highest BCUT2D eigenvalue weighted by Gasteiger charge is 2.28. The van der Waals surface area contributed by atoms with Crippen LogP contribution in [0, 0.1) is 0 Å². The van der Waals surface area contributed by atoms with Crippen LogP contribution >= 0.6 is 11.8 Å². The maximum absolute atomic E-state index is 12.8. The van der Waals surface area contributed by atoms with Gasteiger partial charge in [-0.15, -0.1) is 0 Å². The third-order valence-electron chi connectivity index (χ3n) is 4.57. The van der Waals surface area contributed by atoms with Crippen LogP contribution in [0.25, 0.3) is 10.9 Å². The van der Waals surface area contributed by atoms with Gasteiger partial charge in [-0.2, -0.15) is 0 Å². The molecule has 2 aromatic rings. The molecule has 25 heavy (non-hydrogen) atoms. The Balaban J connectivity index is 1.47. The molecule has 1 saturated heterocycles. The molecule has 1 aromatic heterocycles. The minimum atomic E-state index is -0.0507. The Labute approximate surface area is 150 Å². The molecule has 7 heteroatoms. The SMILES string of the molecule is O=C(CSc1nc2ccccc2c(=O)n1C1CC1)NC[C@@H]1CCCO1. The minimum absolute atomic E-state index is 0.00429. The molecule has 1 saturated carbocycles. The van der Waals surface area contributed by atoms with Gasteiger partial charge in [0.25, 0.3) is 5.56 Å². The van der Waals surface area contributed by atoms with Crippen LogP contribution in [0.15, 0.2) is 34.2 Å². The average Bonchev–Trinajstić information content (AvgIpc) is 3.32. The van der Waals surface area contributed by atoms with Gasteiger partial charge in [-0.05, 0) is 37.8 Å². The molecule has 6 nitrogen and oxygen atoms in total. The summed E-state index contributed by atoms with van der Waals surface area (Å²) in [4.78, 5) is 29.5. The van der Waals surface area contributed by atoms with Gasteiger partial charge in [0, 0.05) is 19.2 Å². The van der Waals surface area contributed by atoms with E-state index in [9.17, 15) is 9.59 Å². The van der Waals surface area contributed by atoms with Crippen LogP contribution in [-0.2, 0) is 9.53 Å². The molecule has 1 aliphatic heterocycles. The number of nitrogens with one attached hydrogen (secondary N) is 1. The molecule has 0 spiro atoms. The molecule has 1 amide bonds. The van der Waals surface area contributed by atoms with Crippen LogP contribution in [0.4, 0.5) is 0 Å². The molecule has 4 rings (SSSR count). The van der Waals surface area contributed by atoms with E-state index in [0.717, 1.165) is 32.3 Å². The largest absolute Gasteiger partial charge is 0.376 e. The van der Waals surface area contributed by atoms with E-state index in [2.05, 4.69) is 10.3 Å². The number of aromatic nitrogens is 2. The van der Waals surface area contributed by atoms with Gasteiger partial charge < -0.3 is 10.1 Å². The molecule has 1 aromatic carbocycles. The van der Waals surface area contributed by atoms with Crippen LogP contribution < -0.4 is 10.9 Å². The first-order valence-corrected chi connectivity index (χ1v) is 9.73. The molecule has 2 fully saturated rings. The van der Waals surface area contributed by atoms with Crippen LogP contribution in [-0.4, -0.2) is 40.5 Å². The van der Waals surface area contributed by atoms with E-state index in [4.69, 9.17) is 4.74 Å². The first kappa shape index (κ1) is 16.6. The van der Waals surface area contributed by atoms with Crippen LogP contribution in [0.5, 0.6) is 0 Å². The van der Waals surface area contributed by atoms with Crippen molar-refractivity contribution >= 4 is 28.6 Å². The van der Waals surface area contributed by atoms with Crippen LogP contribution in [0.1, 0.15) is 31.7 Å². The van der Waals surface area contributed by atoms with Gasteiger partial charge in [0.2, 0.25) is 5.91 Å². The van der Waals surface area contributed by atoms with Crippen molar-refractivity contribution < 1.29 is 9.53 Å². The highest BCUT2D eigenvalue weighted by Crippen LogP contribution is 2.36. The number of rotatable bonds is 6. The number of ether oxygens (including phenoxy) is 1. The fourth-order valence-electron chi connectivity index (χ4n) is 3.10. The summed E-state index contributed by atoms with van der Waals surface area (Å²) in [6.07, 6.45) is 4.19. The van der Waals surface area contributed by atoms with Gasteiger partial charge in [0.1, 0.15) is 0 Å². The zero-order valence-corrected chi connectivity index (χ0v) is 14.8. The highest BCUT2D eigenvalue weighted by molar-refractivity contribution is 7.99. The van der Waals surface area contributed by atoms with E-state index in [1.165, 1.54) is 11.8 Å². The van der Waals surface area contributed by atoms with E-state index in [0.29, 0.717) is 22.6 Å². The van der Waals surface area contributed by atoms with Crippen LogP contribution in [0.2, 0.25) is 0 Å². The summed E-state index contributed by atoms with van der Waals surface area (Å²) in [6, 6.07) is 7.61. The molecular formula is C18H21N3O3S. The lowest BCUT2D eigenvalue weighted by molar-refractivity contribution is -0.119. The normalized spacial score (nSPS) is 20.1. The van der Waals surface area contributed by atoms with Crippen molar-refractivity contribution in [2.75, 3.05) is 18.9 Å². The molecule has 1 N–H and O–H groups in total. The first-order chi connectivity index (χ1) is 12.2. The maximum Gasteiger partial charge on any atom is 0.262 e. The fraction of sp³-hybridized carbons (Fsp3) is 0.500. The number of benzene rings is 1. The molecule has 0 unspecified atom stereocenters. The zero-order chi connectivity index (χ0) is 17.2. The zero-order valence-electron chi connectivity index (χ0n) is 13.9. The van der Waals surface area contributed by atoms with Crippen molar-refractivity contribution in [2.24, 2.45) is 0 Å². The van der Waals surface area contributed by atoms with Gasteiger partial charge in [0.15, 0.2) is 5.16 Å². The number of amides is 1. The lowest BCUT2D eigenvalue weighted by Gasteiger charge is -2.13. The van der Waals surface area contributed by atoms with Gasteiger partial charge in [-0.25, -0.2) is 4.98 Å². The summed E-state index contributed by atoms with van der Waals surface area (Å²) in [6.45, 7) is 1.34. The summed E-state index contributed by atoms with van der Waals surface area (Å²) < 4.78 is 7.27. The van der Waals surface area contributed by atoms with Gasteiger partial charge in [0.05, 0.1) is 22.8 Å². The molecule has 2 heterocycles. The van der Waals surface area contributed by atoms with Crippen molar-refractivity contribution in [2.45, 2.75) is 43.0 Å². The smallest absolute Gasteiger partial charge is 0.262 e. The number of carbonyl (C=O) groups is 1. The monoisotopic (exact) mass is 359 g/mol. The average molecular weight is 359 g/mol. The van der Waals surface area contributed by atoms with E-state index in [1.807, 2.05) is 24.3 Å². The van der Waals surface area contributed by atoms with E-state index >= 15 is 0 Å². The molecule has 0 radical (unpaired) electrons. The fourth-order valence-corrected chi connectivity index (χ4v) is 3.99. The van der Waals surface area contributed by atoms with E-state index in [-0.39, 0.29) is 29.4 Å². The molecule has 132 valence electrons. The molecule has 0 bridgehead atoms. The van der Waals surface area contributed by atoms with Crippen molar-refractivity contribution in [3.05, 3.63) is 34.6 Å². The van der Waals surface area contributed by atoms with Crippen molar-refractivity contribution in [1.29, 1.82) is 0 Å². The first-order valence-electron chi connectivity index (χ1n) is 8.75. The lowest BCUT2D eigenvalue weighted by Crippen LogP contribution is -2.33. The number of fused-ring (bicyclic) bond motifs is 1. The Morgan fingerprint density at radius 1 is 1.32 bits per heavy atom. The van der Waals surface area contributed by atoms with Gasteiger partial charge in [-0.1, -0.05) is 23.9 Å². The van der Waals surface area contributed by atoms with Crippen LogP contribution in [0.3, 0.4) is 0 Å². The summed E-state index contributed by atoms with van der Waals surface area (Å²) in [5.41, 5.74) is 0.682. The predicted molar refractivity (Wildman–Crippen MR) is 97.0 cm³/mol. The van der Waals surface area contributed by atoms with Gasteiger partial charge in [-0.3, -0.25) is 14.2 Å². The predicted octanol–water partition coefficient (Wildman–Crippen LogP) is 2.12. The summed E-state index contributed by atoms with van der Waals surface area (Å²) in [5, 5.41) is 4.19. The number of hydrogen-bond donors (Lipinski definition) is 1. The van der Waals surface area contributed by atoms with E-state index < -0.39 is 0 Å². The summed E-state index contributed by atoms with van der Waals surface area (Å²) >= 11 is 1.33. The summed E-state index contributed by atoms with van der Waals surface area (Å²) in [7, 11) is 0. The topological polar surface area (TPSA) is 73.2 Å². The number of para-hydroxylation sites is 1.